The van der Waals surface area contributed by atoms with Crippen LogP contribution in [-0.4, -0.2) is 4.57 Å². The van der Waals surface area contributed by atoms with Gasteiger partial charge in [-0.3, -0.25) is 4.79 Å². The summed E-state index contributed by atoms with van der Waals surface area (Å²) in [6.07, 6.45) is 0. The van der Waals surface area contributed by atoms with E-state index in [1.807, 2.05) is 6.07 Å². The largest absolute Gasteiger partial charge is 0.310 e. The summed E-state index contributed by atoms with van der Waals surface area (Å²) in [5.41, 5.74) is 1.02. The standard InChI is InChI=1S/C13H8Cl2N2O/c1-17-12(5-2-8(7-16)13(17)18)10-6-9(14)3-4-11(10)15/h2-6H,1H3. The Morgan fingerprint density at radius 1 is 1.22 bits per heavy atom. The van der Waals surface area contributed by atoms with Crippen molar-refractivity contribution in [2.75, 3.05) is 0 Å². The monoisotopic (exact) mass is 278 g/mol. The fraction of sp³-hybridized carbons (Fsp3) is 0.0769. The van der Waals surface area contributed by atoms with Gasteiger partial charge in [0.15, 0.2) is 0 Å². The summed E-state index contributed by atoms with van der Waals surface area (Å²) >= 11 is 12.0. The minimum Gasteiger partial charge on any atom is -0.310 e. The highest BCUT2D eigenvalue weighted by Gasteiger charge is 2.10. The Balaban J connectivity index is 2.74. The lowest BCUT2D eigenvalue weighted by molar-refractivity contribution is 0.866. The molecule has 0 radical (unpaired) electrons. The van der Waals surface area contributed by atoms with Crippen LogP contribution in [0.4, 0.5) is 0 Å². The first-order valence-electron chi connectivity index (χ1n) is 5.10. The van der Waals surface area contributed by atoms with Gasteiger partial charge in [0.25, 0.3) is 5.56 Å². The molecule has 0 amide bonds. The molecule has 3 nitrogen and oxygen atoms in total. The van der Waals surface area contributed by atoms with Gasteiger partial charge in [0, 0.05) is 22.7 Å². The summed E-state index contributed by atoms with van der Waals surface area (Å²) in [7, 11) is 1.59. The number of nitriles is 1. The molecule has 2 rings (SSSR count). The van der Waals surface area contributed by atoms with Crippen LogP contribution in [-0.2, 0) is 7.05 Å². The van der Waals surface area contributed by atoms with E-state index < -0.39 is 0 Å². The second-order valence-corrected chi connectivity index (χ2v) is 4.58. The Hall–Kier alpha value is -1.76. The number of rotatable bonds is 1. The maximum Gasteiger partial charge on any atom is 0.268 e. The van der Waals surface area contributed by atoms with E-state index in [1.165, 1.54) is 10.6 Å². The maximum atomic E-state index is 11.9. The fourth-order valence-electron chi connectivity index (χ4n) is 1.68. The second-order valence-electron chi connectivity index (χ2n) is 3.73. The van der Waals surface area contributed by atoms with Crippen LogP contribution in [0.25, 0.3) is 11.3 Å². The summed E-state index contributed by atoms with van der Waals surface area (Å²) in [5.74, 6) is 0. The highest BCUT2D eigenvalue weighted by atomic mass is 35.5. The van der Waals surface area contributed by atoms with Gasteiger partial charge in [0.2, 0.25) is 0 Å². The first kappa shape index (κ1) is 12.7. The molecule has 5 heteroatoms. The first-order chi connectivity index (χ1) is 8.54. The zero-order valence-corrected chi connectivity index (χ0v) is 11.0. The van der Waals surface area contributed by atoms with Crippen molar-refractivity contribution >= 4 is 23.2 Å². The van der Waals surface area contributed by atoms with E-state index in [2.05, 4.69) is 0 Å². The lowest BCUT2D eigenvalue weighted by Gasteiger charge is -2.10. The van der Waals surface area contributed by atoms with Crippen molar-refractivity contribution in [2.45, 2.75) is 0 Å². The Morgan fingerprint density at radius 2 is 1.94 bits per heavy atom. The highest BCUT2D eigenvalue weighted by Crippen LogP contribution is 2.29. The zero-order chi connectivity index (χ0) is 13.3. The predicted molar refractivity (Wildman–Crippen MR) is 71.9 cm³/mol. The van der Waals surface area contributed by atoms with Crippen LogP contribution in [0.2, 0.25) is 10.0 Å². The number of benzene rings is 1. The molecule has 0 N–H and O–H groups in total. The quantitative estimate of drug-likeness (QED) is 0.804. The predicted octanol–water partition coefficient (Wildman–Crippen LogP) is 3.23. The minimum atomic E-state index is -0.356. The zero-order valence-electron chi connectivity index (χ0n) is 9.45. The molecule has 0 saturated carbocycles. The number of nitrogens with zero attached hydrogens (tertiary/aromatic N) is 2. The van der Waals surface area contributed by atoms with Crippen molar-refractivity contribution in [1.29, 1.82) is 5.26 Å². The third-order valence-electron chi connectivity index (χ3n) is 2.63. The van der Waals surface area contributed by atoms with Crippen molar-refractivity contribution in [3.8, 4) is 17.3 Å². The second kappa shape index (κ2) is 4.85. The number of aromatic nitrogens is 1. The van der Waals surface area contributed by atoms with Crippen molar-refractivity contribution < 1.29 is 0 Å². The average Bonchev–Trinajstić information content (AvgIpc) is 2.36. The van der Waals surface area contributed by atoms with Crippen molar-refractivity contribution in [1.82, 2.24) is 4.57 Å². The molecule has 0 atom stereocenters. The Labute approximate surface area is 114 Å². The van der Waals surface area contributed by atoms with Crippen molar-refractivity contribution in [2.24, 2.45) is 7.05 Å². The van der Waals surface area contributed by atoms with E-state index in [1.54, 1.807) is 31.3 Å². The Bertz CT molecular complexity index is 714. The molecule has 0 spiro atoms. The van der Waals surface area contributed by atoms with Gasteiger partial charge in [-0.05, 0) is 30.3 Å². The van der Waals surface area contributed by atoms with E-state index in [0.717, 1.165) is 0 Å². The molecule has 18 heavy (non-hydrogen) atoms. The van der Waals surface area contributed by atoms with E-state index in [9.17, 15) is 4.79 Å². The van der Waals surface area contributed by atoms with Crippen molar-refractivity contribution in [3.05, 3.63) is 56.3 Å². The number of pyridine rings is 1. The van der Waals surface area contributed by atoms with E-state index >= 15 is 0 Å². The average molecular weight is 279 g/mol. The molecular formula is C13H8Cl2N2O. The van der Waals surface area contributed by atoms with Crippen LogP contribution in [0, 0.1) is 11.3 Å². The Kier molecular flexibility index (Phi) is 3.42. The van der Waals surface area contributed by atoms with Gasteiger partial charge in [-0.25, -0.2) is 0 Å². The van der Waals surface area contributed by atoms with Gasteiger partial charge in [-0.2, -0.15) is 5.26 Å². The molecule has 1 heterocycles. The molecule has 90 valence electrons. The van der Waals surface area contributed by atoms with Crippen LogP contribution < -0.4 is 5.56 Å². The third kappa shape index (κ3) is 2.13. The van der Waals surface area contributed by atoms with Crippen molar-refractivity contribution in [3.63, 3.8) is 0 Å². The van der Waals surface area contributed by atoms with Gasteiger partial charge < -0.3 is 4.57 Å². The summed E-state index contributed by atoms with van der Waals surface area (Å²) in [6, 6.07) is 10.0. The molecule has 0 fully saturated rings. The SMILES string of the molecule is Cn1c(-c2cc(Cl)ccc2Cl)ccc(C#N)c1=O. The van der Waals surface area contributed by atoms with Crippen LogP contribution >= 0.6 is 23.2 Å². The van der Waals surface area contributed by atoms with Gasteiger partial charge in [0.05, 0.1) is 5.69 Å². The van der Waals surface area contributed by atoms with Crippen LogP contribution in [0.15, 0.2) is 35.1 Å². The van der Waals surface area contributed by atoms with Gasteiger partial charge in [-0.1, -0.05) is 23.2 Å². The van der Waals surface area contributed by atoms with E-state index in [0.29, 0.717) is 21.3 Å². The smallest absolute Gasteiger partial charge is 0.268 e. The molecule has 1 aromatic carbocycles. The molecular weight excluding hydrogens is 271 g/mol. The lowest BCUT2D eigenvalue weighted by Crippen LogP contribution is -2.20. The van der Waals surface area contributed by atoms with Gasteiger partial charge in [-0.15, -0.1) is 0 Å². The summed E-state index contributed by atoms with van der Waals surface area (Å²) < 4.78 is 1.39. The van der Waals surface area contributed by atoms with Gasteiger partial charge >= 0.3 is 0 Å². The molecule has 0 aliphatic rings. The molecule has 2 aromatic rings. The molecule has 0 bridgehead atoms. The summed E-state index contributed by atoms with van der Waals surface area (Å²) in [5, 5.41) is 9.83. The number of hydrogen-bond acceptors (Lipinski definition) is 2. The first-order valence-corrected chi connectivity index (χ1v) is 5.85. The van der Waals surface area contributed by atoms with Crippen LogP contribution in [0.5, 0.6) is 0 Å². The molecule has 0 aliphatic heterocycles. The fourth-order valence-corrected chi connectivity index (χ4v) is 2.07. The lowest BCUT2D eigenvalue weighted by atomic mass is 10.1. The molecule has 0 unspecified atom stereocenters. The molecule has 0 aliphatic carbocycles. The van der Waals surface area contributed by atoms with E-state index in [-0.39, 0.29) is 11.1 Å². The van der Waals surface area contributed by atoms with Crippen LogP contribution in [0.1, 0.15) is 5.56 Å². The highest BCUT2D eigenvalue weighted by molar-refractivity contribution is 6.35. The summed E-state index contributed by atoms with van der Waals surface area (Å²) in [6.45, 7) is 0. The molecule has 0 saturated heterocycles. The minimum absolute atomic E-state index is 0.0967. The normalized spacial score (nSPS) is 10.1. The Morgan fingerprint density at radius 3 is 2.61 bits per heavy atom. The number of halogens is 2. The molecule has 1 aromatic heterocycles. The van der Waals surface area contributed by atoms with Gasteiger partial charge in [0.1, 0.15) is 11.6 Å². The number of hydrogen-bond donors (Lipinski definition) is 0. The van der Waals surface area contributed by atoms with Crippen LogP contribution in [0.3, 0.4) is 0 Å². The van der Waals surface area contributed by atoms with E-state index in [4.69, 9.17) is 28.5 Å². The maximum absolute atomic E-state index is 11.9. The topological polar surface area (TPSA) is 45.8 Å². The summed E-state index contributed by atoms with van der Waals surface area (Å²) in [4.78, 5) is 11.9. The third-order valence-corrected chi connectivity index (χ3v) is 3.19.